The smallest absolute Gasteiger partial charge is 0.399 e. The lowest BCUT2D eigenvalue weighted by Crippen LogP contribution is -2.20. The fourth-order valence-corrected chi connectivity index (χ4v) is 2.99. The van der Waals surface area contributed by atoms with Crippen molar-refractivity contribution in [1.29, 1.82) is 0 Å². The summed E-state index contributed by atoms with van der Waals surface area (Å²) < 4.78 is 12.6. The molecule has 1 amide bonds. The van der Waals surface area contributed by atoms with E-state index in [0.717, 1.165) is 23.1 Å². The van der Waals surface area contributed by atoms with Crippen LogP contribution in [0.25, 0.3) is 10.2 Å². The van der Waals surface area contributed by atoms with Crippen molar-refractivity contribution in [3.8, 4) is 5.75 Å². The molecule has 0 saturated carbocycles. The van der Waals surface area contributed by atoms with Crippen LogP contribution in [0.2, 0.25) is 0 Å². The Kier molecular flexibility index (Phi) is 5.11. The Hall–Kier alpha value is -2.41. The molecule has 0 fully saturated rings. The number of ether oxygens (including phenoxy) is 2. The Bertz CT molecular complexity index is 788. The van der Waals surface area contributed by atoms with E-state index in [1.54, 1.807) is 6.08 Å². The van der Waals surface area contributed by atoms with Crippen molar-refractivity contribution in [3.63, 3.8) is 0 Å². The van der Waals surface area contributed by atoms with Crippen LogP contribution in [0, 0.1) is 0 Å². The number of rotatable bonds is 4. The van der Waals surface area contributed by atoms with Crippen LogP contribution in [0.4, 0.5) is 0 Å². The number of benzene rings is 1. The number of methoxy groups -OCH3 is 1. The topological polar surface area (TPSA) is 69.9 Å². The highest BCUT2D eigenvalue weighted by Crippen LogP contribution is 2.23. The fourth-order valence-electron chi connectivity index (χ4n) is 1.92. The third-order valence-electron chi connectivity index (χ3n) is 2.83. The van der Waals surface area contributed by atoms with Gasteiger partial charge in [0.05, 0.1) is 23.9 Å². The molecular weight excluding hydrogens is 304 g/mol. The fraction of sp³-hybridized carbons (Fsp3) is 0.267. The minimum Gasteiger partial charge on any atom is -0.494 e. The summed E-state index contributed by atoms with van der Waals surface area (Å²) in [7, 11) is 1.15. The maximum atomic E-state index is 11.6. The number of fused-ring (bicyclic) bond motifs is 1. The maximum Gasteiger partial charge on any atom is 0.399 e. The number of amides is 1. The first kappa shape index (κ1) is 16.0. The number of aromatic nitrogens is 1. The standard InChI is InChI=1S/C15H16N2O4S/c1-4-8-17-11-7-6-10(21-5-2)9-12(11)22-15(17)16-13(18)14(19)20-3/h4,6-7,9H,1,5,8H2,2-3H3. The molecule has 2 rings (SSSR count). The van der Waals surface area contributed by atoms with E-state index >= 15 is 0 Å². The second kappa shape index (κ2) is 7.04. The van der Waals surface area contributed by atoms with Gasteiger partial charge in [-0.1, -0.05) is 17.4 Å². The molecule has 0 N–H and O–H groups in total. The highest BCUT2D eigenvalue weighted by atomic mass is 32.1. The van der Waals surface area contributed by atoms with Crippen molar-refractivity contribution in [3.05, 3.63) is 35.7 Å². The van der Waals surface area contributed by atoms with Gasteiger partial charge in [-0.05, 0) is 25.1 Å². The van der Waals surface area contributed by atoms with E-state index in [1.807, 2.05) is 29.7 Å². The molecule has 116 valence electrons. The zero-order valence-corrected chi connectivity index (χ0v) is 13.2. The van der Waals surface area contributed by atoms with Gasteiger partial charge in [0.2, 0.25) is 0 Å². The van der Waals surface area contributed by atoms with E-state index in [9.17, 15) is 9.59 Å². The van der Waals surface area contributed by atoms with Gasteiger partial charge in [0, 0.05) is 6.54 Å². The van der Waals surface area contributed by atoms with Crippen LogP contribution >= 0.6 is 11.3 Å². The molecule has 0 spiro atoms. The SMILES string of the molecule is C=CCn1c(=NC(=O)C(=O)OC)sc2cc(OCC)ccc21. The Balaban J connectivity index is 2.59. The Labute approximate surface area is 131 Å². The predicted octanol–water partition coefficient (Wildman–Crippen LogP) is 1.89. The van der Waals surface area contributed by atoms with Crippen LogP contribution in [0.5, 0.6) is 5.75 Å². The monoisotopic (exact) mass is 320 g/mol. The summed E-state index contributed by atoms with van der Waals surface area (Å²) in [5.41, 5.74) is 0.893. The molecule has 0 aliphatic rings. The molecule has 0 aliphatic carbocycles. The van der Waals surface area contributed by atoms with Crippen molar-refractivity contribution < 1.29 is 19.1 Å². The van der Waals surface area contributed by atoms with Gasteiger partial charge in [0.25, 0.3) is 0 Å². The van der Waals surface area contributed by atoms with Gasteiger partial charge in [-0.25, -0.2) is 4.79 Å². The van der Waals surface area contributed by atoms with Gasteiger partial charge >= 0.3 is 11.9 Å². The van der Waals surface area contributed by atoms with Gasteiger partial charge in [-0.15, -0.1) is 6.58 Å². The van der Waals surface area contributed by atoms with Crippen molar-refractivity contribution in [2.45, 2.75) is 13.5 Å². The summed E-state index contributed by atoms with van der Waals surface area (Å²) in [6.07, 6.45) is 1.70. The lowest BCUT2D eigenvalue weighted by Gasteiger charge is -2.04. The van der Waals surface area contributed by atoms with Gasteiger partial charge in [-0.3, -0.25) is 4.79 Å². The molecule has 0 bridgehead atoms. The first-order valence-corrected chi connectivity index (χ1v) is 7.46. The van der Waals surface area contributed by atoms with Crippen LogP contribution in [0.15, 0.2) is 35.8 Å². The zero-order chi connectivity index (χ0) is 16.1. The maximum absolute atomic E-state index is 11.6. The van der Waals surface area contributed by atoms with E-state index in [-0.39, 0.29) is 0 Å². The molecule has 1 heterocycles. The third-order valence-corrected chi connectivity index (χ3v) is 3.88. The number of carbonyl (C=O) groups is 2. The summed E-state index contributed by atoms with van der Waals surface area (Å²) in [5, 5.41) is 0. The molecule has 0 aliphatic heterocycles. The number of esters is 1. The Morgan fingerprint density at radius 3 is 2.86 bits per heavy atom. The van der Waals surface area contributed by atoms with Crippen molar-refractivity contribution >= 4 is 33.4 Å². The largest absolute Gasteiger partial charge is 0.494 e. The summed E-state index contributed by atoms with van der Waals surface area (Å²) >= 11 is 1.30. The normalized spacial score (nSPS) is 11.5. The minimum absolute atomic E-state index is 0.416. The first-order chi connectivity index (χ1) is 10.6. The zero-order valence-electron chi connectivity index (χ0n) is 12.4. The number of nitrogens with zero attached hydrogens (tertiary/aromatic N) is 2. The number of hydrogen-bond donors (Lipinski definition) is 0. The predicted molar refractivity (Wildman–Crippen MR) is 83.8 cm³/mol. The highest BCUT2D eigenvalue weighted by molar-refractivity contribution is 7.16. The van der Waals surface area contributed by atoms with E-state index in [0.29, 0.717) is 18.0 Å². The van der Waals surface area contributed by atoms with Crippen molar-refractivity contribution in [2.24, 2.45) is 4.99 Å². The quantitative estimate of drug-likeness (QED) is 0.490. The average molecular weight is 320 g/mol. The Morgan fingerprint density at radius 2 is 2.23 bits per heavy atom. The van der Waals surface area contributed by atoms with E-state index < -0.39 is 11.9 Å². The molecule has 1 aromatic heterocycles. The van der Waals surface area contributed by atoms with Crippen molar-refractivity contribution in [2.75, 3.05) is 13.7 Å². The van der Waals surface area contributed by atoms with Crippen LogP contribution in [0.1, 0.15) is 6.92 Å². The second-order valence-electron chi connectivity index (χ2n) is 4.25. The average Bonchev–Trinajstić information content (AvgIpc) is 2.84. The third kappa shape index (κ3) is 3.25. The van der Waals surface area contributed by atoms with Gasteiger partial charge < -0.3 is 14.0 Å². The molecule has 2 aromatic rings. The summed E-state index contributed by atoms with van der Waals surface area (Å²) in [6.45, 7) is 6.66. The van der Waals surface area contributed by atoms with E-state index in [4.69, 9.17) is 4.74 Å². The van der Waals surface area contributed by atoms with Crippen LogP contribution in [-0.2, 0) is 20.9 Å². The summed E-state index contributed by atoms with van der Waals surface area (Å²) in [4.78, 5) is 27.1. The second-order valence-corrected chi connectivity index (χ2v) is 5.26. The highest BCUT2D eigenvalue weighted by Gasteiger charge is 2.14. The van der Waals surface area contributed by atoms with Crippen LogP contribution in [-0.4, -0.2) is 30.2 Å². The van der Waals surface area contributed by atoms with Gasteiger partial charge in [-0.2, -0.15) is 4.99 Å². The van der Waals surface area contributed by atoms with Crippen LogP contribution < -0.4 is 9.54 Å². The molecule has 1 aromatic carbocycles. The number of carbonyl (C=O) groups excluding carboxylic acids is 2. The van der Waals surface area contributed by atoms with E-state index in [1.165, 1.54) is 11.3 Å². The molecule has 7 heteroatoms. The first-order valence-electron chi connectivity index (χ1n) is 6.64. The molecule has 0 saturated heterocycles. The minimum atomic E-state index is -0.988. The number of allylic oxidation sites excluding steroid dienone is 1. The van der Waals surface area contributed by atoms with Crippen molar-refractivity contribution in [1.82, 2.24) is 4.57 Å². The molecule has 0 atom stereocenters. The lowest BCUT2D eigenvalue weighted by molar-refractivity contribution is -0.151. The molecule has 22 heavy (non-hydrogen) atoms. The van der Waals surface area contributed by atoms with Gasteiger partial charge in [0.1, 0.15) is 5.75 Å². The summed E-state index contributed by atoms with van der Waals surface area (Å²) in [6, 6.07) is 5.62. The molecular formula is C15H16N2O4S. The number of thiazole rings is 1. The van der Waals surface area contributed by atoms with Gasteiger partial charge in [0.15, 0.2) is 4.80 Å². The number of hydrogen-bond acceptors (Lipinski definition) is 5. The molecule has 0 radical (unpaired) electrons. The summed E-state index contributed by atoms with van der Waals surface area (Å²) in [5.74, 6) is -1.18. The van der Waals surface area contributed by atoms with Crippen LogP contribution in [0.3, 0.4) is 0 Å². The lowest BCUT2D eigenvalue weighted by atomic mass is 10.3. The Morgan fingerprint density at radius 1 is 1.45 bits per heavy atom. The molecule has 6 nitrogen and oxygen atoms in total. The molecule has 0 unspecified atom stereocenters. The van der Waals surface area contributed by atoms with E-state index in [2.05, 4.69) is 16.3 Å².